The van der Waals surface area contributed by atoms with Crippen molar-refractivity contribution in [2.75, 3.05) is 34.3 Å². The van der Waals surface area contributed by atoms with Gasteiger partial charge in [-0.25, -0.2) is 0 Å². The lowest BCUT2D eigenvalue weighted by molar-refractivity contribution is -0.873. The molecule has 3 nitrogen and oxygen atoms in total. The topological polar surface area (TPSA) is 18.5 Å². The summed E-state index contributed by atoms with van der Waals surface area (Å²) in [4.78, 5) is 0. The second-order valence-electron chi connectivity index (χ2n) is 7.18. The number of unbranched alkanes of at least 4 members (excludes halogenated alkanes) is 5. The monoisotopic (exact) mass is 351 g/mol. The maximum Gasteiger partial charge on any atom is 0.166 e. The van der Waals surface area contributed by atoms with Gasteiger partial charge in [-0.2, -0.15) is 0 Å². The number of rotatable bonds is 9. The largest absolute Gasteiger partial charge is 1.00 e. The summed E-state index contributed by atoms with van der Waals surface area (Å²) < 4.78 is 12.9. The molecule has 1 heterocycles. The zero-order chi connectivity index (χ0) is 14.4. The summed E-state index contributed by atoms with van der Waals surface area (Å²) in [5.74, 6) is -0.329. The number of nitrogens with zero attached hydrogens (tertiary/aromatic N) is 1. The maximum atomic E-state index is 6.11. The summed E-state index contributed by atoms with van der Waals surface area (Å²) in [6.45, 7) is 6.14. The van der Waals surface area contributed by atoms with Crippen LogP contribution in [-0.4, -0.2) is 50.7 Å². The Bertz CT molecular complexity index is 255. The molecule has 1 fully saturated rings. The SMILES string of the molecule is CCCCCCCCC1(C)OCC(C[N+](C)(C)C)O1.[Br-]. The van der Waals surface area contributed by atoms with Crippen LogP contribution < -0.4 is 17.0 Å². The first kappa shape index (κ1) is 20.4. The fourth-order valence-corrected chi connectivity index (χ4v) is 2.75. The number of likely N-dealkylation sites (N-methyl/N-ethyl adjacent to an activating group) is 1. The van der Waals surface area contributed by atoms with Gasteiger partial charge in [0.15, 0.2) is 5.79 Å². The van der Waals surface area contributed by atoms with Crippen molar-refractivity contribution in [2.24, 2.45) is 0 Å². The number of hydrogen-bond donors (Lipinski definition) is 0. The van der Waals surface area contributed by atoms with Crippen LogP contribution in [0.2, 0.25) is 0 Å². The van der Waals surface area contributed by atoms with Crippen LogP contribution in [0.5, 0.6) is 0 Å². The molecule has 0 amide bonds. The van der Waals surface area contributed by atoms with Crippen LogP contribution in [0.15, 0.2) is 0 Å². The summed E-state index contributed by atoms with van der Waals surface area (Å²) in [6.07, 6.45) is 9.23. The van der Waals surface area contributed by atoms with Gasteiger partial charge in [0.05, 0.1) is 27.7 Å². The van der Waals surface area contributed by atoms with Crippen LogP contribution in [0.1, 0.15) is 58.8 Å². The van der Waals surface area contributed by atoms with E-state index in [9.17, 15) is 0 Å². The van der Waals surface area contributed by atoms with Crippen molar-refractivity contribution in [1.82, 2.24) is 0 Å². The van der Waals surface area contributed by atoms with Crippen molar-refractivity contribution in [2.45, 2.75) is 70.7 Å². The van der Waals surface area contributed by atoms with E-state index in [-0.39, 0.29) is 28.9 Å². The average Bonchev–Trinajstić information content (AvgIpc) is 2.63. The van der Waals surface area contributed by atoms with Gasteiger partial charge in [-0.05, 0) is 13.3 Å². The lowest BCUT2D eigenvalue weighted by Crippen LogP contribution is -3.00. The molecule has 1 saturated heterocycles. The summed E-state index contributed by atoms with van der Waals surface area (Å²) in [6, 6.07) is 0. The van der Waals surface area contributed by atoms with E-state index < -0.39 is 0 Å². The number of ether oxygens (including phenoxy) is 2. The molecular weight excluding hydrogens is 318 g/mol. The Labute approximate surface area is 136 Å². The lowest BCUT2D eigenvalue weighted by atomic mass is 10.1. The van der Waals surface area contributed by atoms with E-state index in [0.29, 0.717) is 0 Å². The van der Waals surface area contributed by atoms with E-state index in [1.165, 1.54) is 38.5 Å². The first-order valence-corrected chi connectivity index (χ1v) is 7.97. The number of hydrogen-bond acceptors (Lipinski definition) is 2. The maximum absolute atomic E-state index is 6.11. The molecular formula is C16H34BrNO2. The summed E-state index contributed by atoms with van der Waals surface area (Å²) in [5.41, 5.74) is 0. The zero-order valence-corrected chi connectivity index (χ0v) is 15.7. The second kappa shape index (κ2) is 9.39. The highest BCUT2D eigenvalue weighted by Gasteiger charge is 2.38. The predicted octanol–water partition coefficient (Wildman–Crippen LogP) is 0.579. The van der Waals surface area contributed by atoms with Gasteiger partial charge in [0.2, 0.25) is 0 Å². The third-order valence-corrected chi connectivity index (χ3v) is 3.73. The van der Waals surface area contributed by atoms with Crippen molar-refractivity contribution in [3.8, 4) is 0 Å². The van der Waals surface area contributed by atoms with Gasteiger partial charge >= 0.3 is 0 Å². The fraction of sp³-hybridized carbons (Fsp3) is 1.00. The molecule has 1 rings (SSSR count). The third kappa shape index (κ3) is 8.60. The van der Waals surface area contributed by atoms with Crippen LogP contribution in [0.25, 0.3) is 0 Å². The molecule has 0 aromatic heterocycles. The van der Waals surface area contributed by atoms with Gasteiger partial charge in [-0.3, -0.25) is 0 Å². The molecule has 1 aliphatic rings. The molecule has 0 aromatic carbocycles. The minimum Gasteiger partial charge on any atom is -1.00 e. The minimum atomic E-state index is -0.329. The van der Waals surface area contributed by atoms with E-state index in [1.807, 2.05) is 0 Å². The first-order valence-electron chi connectivity index (χ1n) is 7.97. The molecule has 0 aromatic rings. The lowest BCUT2D eigenvalue weighted by Gasteiger charge is -2.28. The highest BCUT2D eigenvalue weighted by Crippen LogP contribution is 2.29. The summed E-state index contributed by atoms with van der Waals surface area (Å²) >= 11 is 0. The fourth-order valence-electron chi connectivity index (χ4n) is 2.75. The number of halogens is 1. The molecule has 0 radical (unpaired) electrons. The van der Waals surface area contributed by atoms with Gasteiger partial charge in [0.1, 0.15) is 12.6 Å². The van der Waals surface area contributed by atoms with Gasteiger partial charge < -0.3 is 30.9 Å². The van der Waals surface area contributed by atoms with Gasteiger partial charge in [-0.15, -0.1) is 0 Å². The van der Waals surface area contributed by atoms with Crippen molar-refractivity contribution in [3.05, 3.63) is 0 Å². The van der Waals surface area contributed by atoms with Crippen LogP contribution in [0, 0.1) is 0 Å². The van der Waals surface area contributed by atoms with Gasteiger partial charge in [0, 0.05) is 6.42 Å². The van der Waals surface area contributed by atoms with E-state index in [4.69, 9.17) is 9.47 Å². The second-order valence-corrected chi connectivity index (χ2v) is 7.18. The van der Waals surface area contributed by atoms with Crippen LogP contribution in [0.4, 0.5) is 0 Å². The Morgan fingerprint density at radius 3 is 2.25 bits per heavy atom. The highest BCUT2D eigenvalue weighted by atomic mass is 79.9. The van der Waals surface area contributed by atoms with E-state index >= 15 is 0 Å². The van der Waals surface area contributed by atoms with Crippen LogP contribution >= 0.6 is 0 Å². The molecule has 4 heteroatoms. The Hall–Kier alpha value is 0.360. The van der Waals surface area contributed by atoms with Crippen molar-refractivity contribution in [1.29, 1.82) is 0 Å². The molecule has 122 valence electrons. The van der Waals surface area contributed by atoms with E-state index in [1.54, 1.807) is 0 Å². The van der Waals surface area contributed by atoms with Crippen LogP contribution in [-0.2, 0) is 9.47 Å². The van der Waals surface area contributed by atoms with Crippen LogP contribution in [0.3, 0.4) is 0 Å². The van der Waals surface area contributed by atoms with Crippen molar-refractivity contribution in [3.63, 3.8) is 0 Å². The number of quaternary nitrogens is 1. The van der Waals surface area contributed by atoms with Crippen molar-refractivity contribution >= 4 is 0 Å². The quantitative estimate of drug-likeness (QED) is 0.447. The predicted molar refractivity (Wildman–Crippen MR) is 80.1 cm³/mol. The molecule has 1 aliphatic heterocycles. The summed E-state index contributed by atoms with van der Waals surface area (Å²) in [5, 5.41) is 0. The Morgan fingerprint density at radius 2 is 1.65 bits per heavy atom. The van der Waals surface area contributed by atoms with E-state index in [0.717, 1.165) is 24.1 Å². The molecule has 2 unspecified atom stereocenters. The average molecular weight is 352 g/mol. The third-order valence-electron chi connectivity index (χ3n) is 3.73. The molecule has 0 bridgehead atoms. The van der Waals surface area contributed by atoms with Gasteiger partial charge in [-0.1, -0.05) is 39.0 Å². The minimum absolute atomic E-state index is 0. The molecule has 0 N–H and O–H groups in total. The molecule has 0 saturated carbocycles. The molecule has 20 heavy (non-hydrogen) atoms. The Morgan fingerprint density at radius 1 is 1.05 bits per heavy atom. The van der Waals surface area contributed by atoms with E-state index in [2.05, 4.69) is 35.0 Å². The Kier molecular flexibility index (Phi) is 9.56. The highest BCUT2D eigenvalue weighted by molar-refractivity contribution is 4.75. The summed E-state index contributed by atoms with van der Waals surface area (Å²) in [7, 11) is 6.60. The molecule has 2 atom stereocenters. The zero-order valence-electron chi connectivity index (χ0n) is 14.1. The Balaban J connectivity index is 0.00000361. The standard InChI is InChI=1S/C16H34NO2.BrH/c1-6-7-8-9-10-11-12-16(2)18-14-15(19-16)13-17(3,4)5;/h15H,6-14H2,1-5H3;1H/q+1;/p-1. The molecule has 0 spiro atoms. The smallest absolute Gasteiger partial charge is 0.166 e. The molecule has 0 aliphatic carbocycles. The first-order chi connectivity index (χ1) is 8.85. The van der Waals surface area contributed by atoms with Crippen molar-refractivity contribution < 1.29 is 30.9 Å². The van der Waals surface area contributed by atoms with Gasteiger partial charge in [0.25, 0.3) is 0 Å². The normalized spacial score (nSPS) is 26.6.